The van der Waals surface area contributed by atoms with Crippen molar-refractivity contribution in [3.05, 3.63) is 504 Å². The van der Waals surface area contributed by atoms with E-state index >= 15 is 0 Å². The van der Waals surface area contributed by atoms with E-state index in [-0.39, 0.29) is 42.1 Å². The van der Waals surface area contributed by atoms with Crippen LogP contribution in [-0.2, 0) is 42.1 Å². The Balaban J connectivity index is 0.000000151. The summed E-state index contributed by atoms with van der Waals surface area (Å²) in [6.45, 7) is 0. The third-order valence-electron chi connectivity index (χ3n) is 26.6. The third kappa shape index (κ3) is 15.7. The van der Waals surface area contributed by atoms with Crippen LogP contribution in [0.3, 0.4) is 0 Å². The first-order chi connectivity index (χ1) is 69.4. The molecule has 0 saturated carbocycles. The van der Waals surface area contributed by atoms with E-state index in [0.29, 0.717) is 17.6 Å². The summed E-state index contributed by atoms with van der Waals surface area (Å²) in [5, 5.41) is 13.6. The second-order valence-corrected chi connectivity index (χ2v) is 34.8. The van der Waals surface area contributed by atoms with Crippen molar-refractivity contribution >= 4 is 143 Å². The minimum absolute atomic E-state index is 0. The number of pyridine rings is 4. The van der Waals surface area contributed by atoms with Crippen LogP contribution in [0.4, 0.5) is 34.1 Å². The van der Waals surface area contributed by atoms with Gasteiger partial charge in [0, 0.05) is 107 Å². The van der Waals surface area contributed by atoms with Crippen LogP contribution in [0.5, 0.6) is 0 Å². The first-order valence-electron chi connectivity index (χ1n) is 46.8. The molecule has 9 aromatic heterocycles. The van der Waals surface area contributed by atoms with E-state index in [1.165, 1.54) is 38.1 Å². The van der Waals surface area contributed by atoms with E-state index in [4.69, 9.17) is 24.9 Å². The van der Waals surface area contributed by atoms with E-state index in [1.807, 2.05) is 134 Å². The Morgan fingerprint density at radius 1 is 0.197 bits per heavy atom. The molecule has 9 heterocycles. The molecule has 0 atom stereocenters. The Morgan fingerprint density at radius 3 is 0.986 bits per heavy atom. The van der Waals surface area contributed by atoms with Gasteiger partial charge in [0.25, 0.3) is 0 Å². The molecule has 27 aromatic rings. The van der Waals surface area contributed by atoms with Crippen molar-refractivity contribution in [3.63, 3.8) is 0 Å². The monoisotopic (exact) mass is 2180 g/mol. The maximum absolute atomic E-state index is 5.30. The molecule has 0 bridgehead atoms. The fraction of sp³-hybridized carbons (Fsp3) is 0. The number of para-hydroxylation sites is 5. The Bertz CT molecular complexity index is 9180. The van der Waals surface area contributed by atoms with Crippen LogP contribution in [0.15, 0.2) is 480 Å². The minimum Gasteiger partial charge on any atom is -0.346 e. The van der Waals surface area contributed by atoms with Gasteiger partial charge in [0.05, 0.1) is 44.1 Å². The van der Waals surface area contributed by atoms with Crippen molar-refractivity contribution < 1.29 is 42.1 Å². The van der Waals surface area contributed by atoms with E-state index in [1.54, 1.807) is 0 Å². The van der Waals surface area contributed by atoms with Crippen molar-refractivity contribution in [1.29, 1.82) is 0 Å². The standard InChI is InChI=1S/C66H41N5.C61H38N8.2Pt/c1-3-19-50(20-4-1)70-61-28-12-11-27-57(61)59-42-64-60(43-63(59)70)58-41-47(31-34-62(58)71(64)51-21-5-2-6-22-51)44-29-32-52(33-30-44)69(53-23-13-17-48(39-53)65-55-25-9-7-15-45(55)35-37-67-65)54-24-14-18-49(40-54)66-56-26-10-8-16-46(56)36-38-68-66;1-4-18-41(19-5-1)59-64-60(42-20-6-2-7-21-42)66-61(65-59)69-56-33-32-48(38-50(56)52-40-57-51(39-58(52)69)49-28-10-11-31-55(49)68(57)45-24-8-3-9-25-45)67(46-26-16-22-43(36-46)53-29-12-14-34-62-53)47-27-17-23-44(37-47)54-30-13-15-35-63-54;;/h1-38,41-43H;1-35,38-40H;;/q2*-2;2*+2. The molecule has 0 aliphatic carbocycles. The maximum atomic E-state index is 5.30. The van der Waals surface area contributed by atoms with Gasteiger partial charge in [-0.2, -0.15) is 9.97 Å². The van der Waals surface area contributed by atoms with Crippen molar-refractivity contribution in [1.82, 2.24) is 53.2 Å². The van der Waals surface area contributed by atoms with Gasteiger partial charge in [-0.25, -0.2) is 4.98 Å². The molecule has 0 aliphatic heterocycles. The predicted molar refractivity (Wildman–Crippen MR) is 573 cm³/mol. The van der Waals surface area contributed by atoms with Crippen LogP contribution in [0.25, 0.3) is 211 Å². The van der Waals surface area contributed by atoms with Crippen LogP contribution in [-0.4, -0.2) is 53.2 Å². The number of rotatable bonds is 17. The van der Waals surface area contributed by atoms with Crippen molar-refractivity contribution in [2.75, 3.05) is 9.80 Å². The topological polar surface area (TPSA) is 116 Å². The van der Waals surface area contributed by atoms with Gasteiger partial charge in [-0.1, -0.05) is 243 Å². The van der Waals surface area contributed by atoms with Crippen molar-refractivity contribution in [2.45, 2.75) is 0 Å². The molecule has 0 saturated heterocycles. The average molecular weight is 2180 g/mol. The molecule has 15 heteroatoms. The first kappa shape index (κ1) is 87.1. The zero-order valence-electron chi connectivity index (χ0n) is 76.1. The summed E-state index contributed by atoms with van der Waals surface area (Å²) < 4.78 is 9.39. The quantitative estimate of drug-likeness (QED) is 0.0822. The first-order valence-corrected chi connectivity index (χ1v) is 46.8. The molecule has 0 N–H and O–H groups in total. The molecule has 18 aromatic carbocycles. The Morgan fingerprint density at radius 2 is 0.535 bits per heavy atom. The zero-order valence-corrected chi connectivity index (χ0v) is 80.6. The fourth-order valence-electron chi connectivity index (χ4n) is 20.2. The average Bonchev–Trinajstić information content (AvgIpc) is 1.55. The molecule has 0 unspecified atom stereocenters. The molecular formula is C127H79N13Pt2. The summed E-state index contributed by atoms with van der Waals surface area (Å²) in [5.74, 6) is 1.70. The van der Waals surface area contributed by atoms with Gasteiger partial charge in [-0.05, 0) is 218 Å². The van der Waals surface area contributed by atoms with E-state index in [0.717, 1.165) is 189 Å². The van der Waals surface area contributed by atoms with Crippen LogP contribution in [0, 0.1) is 24.3 Å². The summed E-state index contributed by atoms with van der Waals surface area (Å²) in [4.78, 5) is 39.3. The number of hydrogen-bond acceptors (Lipinski definition) is 9. The largest absolute Gasteiger partial charge is 2.00 e. The Hall–Kier alpha value is -17.7. The summed E-state index contributed by atoms with van der Waals surface area (Å²) in [5.41, 5.74) is 28.6. The van der Waals surface area contributed by atoms with Gasteiger partial charge in [-0.3, -0.25) is 4.57 Å². The molecule has 0 spiro atoms. The molecule has 27 rings (SSSR count). The number of hydrogen-bond donors (Lipinski definition) is 0. The normalized spacial score (nSPS) is 11.4. The van der Waals surface area contributed by atoms with Gasteiger partial charge >= 0.3 is 42.1 Å². The summed E-state index contributed by atoms with van der Waals surface area (Å²) in [6.07, 6.45) is 7.39. The minimum atomic E-state index is 0. The van der Waals surface area contributed by atoms with Crippen molar-refractivity contribution in [3.8, 4) is 102 Å². The summed E-state index contributed by atoms with van der Waals surface area (Å²) in [6, 6.07) is 174. The SMILES string of the molecule is [Pt+2].[Pt+2].[c-]1c(-c2ccccn2)cccc1N(c1[c-]c(-c2ccccn2)ccc1)c1ccc2c(c1)c1cc3c(cc1n2-c1nc(-c2ccccc2)nc(-c2ccccc2)n1)c1ccccc1n3-c1ccccc1.[c-]1c(-c2nccc3ccccc23)cccc1N(c1[c-]c(-c2nccc3ccccc23)ccc1)c1ccc(-c2ccc3c(c2)c2cc4c(cc2n3-c2ccccc2)c2ccccc2n4-c2ccccc2)cc1. The van der Waals surface area contributed by atoms with Gasteiger partial charge in [0.2, 0.25) is 5.95 Å². The van der Waals surface area contributed by atoms with Crippen LogP contribution in [0.2, 0.25) is 0 Å². The third-order valence-corrected chi connectivity index (χ3v) is 26.6. The van der Waals surface area contributed by atoms with Crippen LogP contribution < -0.4 is 9.80 Å². The summed E-state index contributed by atoms with van der Waals surface area (Å²) >= 11 is 0. The molecular weight excluding hydrogens is 2100 g/mol. The number of nitrogens with zero attached hydrogens (tertiary/aromatic N) is 13. The second kappa shape index (κ2) is 37.3. The molecule has 13 nitrogen and oxygen atoms in total. The maximum Gasteiger partial charge on any atom is 2.00 e. The molecule has 0 aliphatic rings. The van der Waals surface area contributed by atoms with Gasteiger partial charge in [-0.15, -0.1) is 119 Å². The van der Waals surface area contributed by atoms with Gasteiger partial charge in [0.15, 0.2) is 11.6 Å². The van der Waals surface area contributed by atoms with Gasteiger partial charge in [0.1, 0.15) is 0 Å². The molecule has 142 heavy (non-hydrogen) atoms. The smallest absolute Gasteiger partial charge is 0.346 e. The Labute approximate surface area is 847 Å². The number of benzene rings is 18. The van der Waals surface area contributed by atoms with E-state index in [2.05, 4.69) is 408 Å². The molecule has 672 valence electrons. The number of fused-ring (bicyclic) bond motifs is 14. The molecule has 0 amide bonds. The number of aromatic nitrogens is 11. The van der Waals surface area contributed by atoms with E-state index < -0.39 is 0 Å². The second-order valence-electron chi connectivity index (χ2n) is 34.8. The van der Waals surface area contributed by atoms with Gasteiger partial charge < -0.3 is 43.4 Å². The predicted octanol–water partition coefficient (Wildman–Crippen LogP) is 31.6. The molecule has 0 radical (unpaired) electrons. The Kier molecular flexibility index (Phi) is 22.9. The molecule has 0 fully saturated rings. The zero-order chi connectivity index (χ0) is 92.5. The number of anilines is 6. The van der Waals surface area contributed by atoms with Crippen LogP contribution >= 0.6 is 0 Å². The van der Waals surface area contributed by atoms with Crippen molar-refractivity contribution in [2.24, 2.45) is 0 Å². The summed E-state index contributed by atoms with van der Waals surface area (Å²) in [7, 11) is 0. The van der Waals surface area contributed by atoms with E-state index in [9.17, 15) is 0 Å². The van der Waals surface area contributed by atoms with Crippen LogP contribution in [0.1, 0.15) is 0 Å². The fourth-order valence-corrected chi connectivity index (χ4v) is 20.2.